The van der Waals surface area contributed by atoms with Crippen LogP contribution in [0.15, 0.2) is 12.1 Å². The Hall–Kier alpha value is -2.24. The summed E-state index contributed by atoms with van der Waals surface area (Å²) in [6.07, 6.45) is 0.685. The average Bonchev–Trinajstić information content (AvgIpc) is 2.79. The summed E-state index contributed by atoms with van der Waals surface area (Å²) in [5, 5.41) is 9.96. The van der Waals surface area contributed by atoms with Gasteiger partial charge in [0.05, 0.1) is 17.1 Å². The molecular formula is C16H18FN3O2. The summed E-state index contributed by atoms with van der Waals surface area (Å²) in [6.45, 7) is 5.81. The monoisotopic (exact) mass is 303 g/mol. The topological polar surface area (TPSA) is 74.8 Å². The summed E-state index contributed by atoms with van der Waals surface area (Å²) >= 11 is 0. The number of H-pyrrole nitrogens is 1. The Balaban J connectivity index is 2.08. The van der Waals surface area contributed by atoms with Gasteiger partial charge in [0.2, 0.25) is 11.8 Å². The highest BCUT2D eigenvalue weighted by Crippen LogP contribution is 2.33. The van der Waals surface area contributed by atoms with Crippen LogP contribution in [0.1, 0.15) is 50.8 Å². The highest BCUT2D eigenvalue weighted by molar-refractivity contribution is 6.02. The summed E-state index contributed by atoms with van der Waals surface area (Å²) < 4.78 is 14.4. The van der Waals surface area contributed by atoms with E-state index >= 15 is 0 Å². The number of fused-ring (bicyclic) bond motifs is 1. The van der Waals surface area contributed by atoms with Crippen LogP contribution in [0.25, 0.3) is 10.9 Å². The zero-order valence-corrected chi connectivity index (χ0v) is 12.8. The molecular weight excluding hydrogens is 285 g/mol. The standard InChI is InChI=1S/C16H18FN3O2/c1-16(2,3)10-7-12-9(6-11(10)17)14(20-19-12)8-4-5-13(21)18-15(8)22/h6-8H,4-5H2,1-3H3,(H,19,20)(H,18,21,22)/t8-/m1/s1. The number of nitrogens with one attached hydrogen (secondary N) is 2. The lowest BCUT2D eigenvalue weighted by Gasteiger charge is -2.21. The van der Waals surface area contributed by atoms with Crippen molar-refractivity contribution in [1.82, 2.24) is 15.5 Å². The fourth-order valence-corrected chi connectivity index (χ4v) is 2.86. The van der Waals surface area contributed by atoms with E-state index in [1.165, 1.54) is 6.07 Å². The Bertz CT molecular complexity index is 774. The molecule has 1 fully saturated rings. The number of amides is 2. The van der Waals surface area contributed by atoms with Crippen LogP contribution in [-0.2, 0) is 15.0 Å². The minimum atomic E-state index is -0.498. The minimum Gasteiger partial charge on any atom is -0.296 e. The first kappa shape index (κ1) is 14.7. The number of imide groups is 1. The summed E-state index contributed by atoms with van der Waals surface area (Å²) in [4.78, 5) is 23.2. The summed E-state index contributed by atoms with van der Waals surface area (Å²) in [7, 11) is 0. The van der Waals surface area contributed by atoms with Crippen LogP contribution in [0.5, 0.6) is 0 Å². The van der Waals surface area contributed by atoms with Gasteiger partial charge in [0, 0.05) is 11.8 Å². The van der Waals surface area contributed by atoms with Crippen molar-refractivity contribution in [3.8, 4) is 0 Å². The lowest BCUT2D eigenvalue weighted by atomic mass is 9.85. The van der Waals surface area contributed by atoms with Crippen LogP contribution in [0.2, 0.25) is 0 Å². The third-order valence-electron chi connectivity index (χ3n) is 4.07. The molecule has 0 saturated carbocycles. The van der Waals surface area contributed by atoms with Gasteiger partial charge in [-0.15, -0.1) is 0 Å². The lowest BCUT2D eigenvalue weighted by molar-refractivity contribution is -0.134. The first-order valence-electron chi connectivity index (χ1n) is 7.29. The SMILES string of the molecule is CC(C)(C)c1cc2n[nH]c([C@H]3CCC(=O)NC3=O)c2cc1F. The Morgan fingerprint density at radius 1 is 1.27 bits per heavy atom. The molecule has 6 heteroatoms. The average molecular weight is 303 g/mol. The first-order chi connectivity index (χ1) is 10.3. The number of aromatic amines is 1. The Morgan fingerprint density at radius 2 is 2.00 bits per heavy atom. The molecule has 1 atom stereocenters. The van der Waals surface area contributed by atoms with Crippen LogP contribution in [-0.4, -0.2) is 22.0 Å². The van der Waals surface area contributed by atoms with E-state index in [9.17, 15) is 14.0 Å². The van der Waals surface area contributed by atoms with Crippen molar-refractivity contribution in [2.45, 2.75) is 44.9 Å². The molecule has 1 aromatic carbocycles. The van der Waals surface area contributed by atoms with E-state index in [1.54, 1.807) is 6.07 Å². The number of halogens is 1. The summed E-state index contributed by atoms with van der Waals surface area (Å²) in [5.74, 6) is -1.44. The van der Waals surface area contributed by atoms with Crippen molar-refractivity contribution >= 4 is 22.7 Å². The highest BCUT2D eigenvalue weighted by Gasteiger charge is 2.31. The van der Waals surface area contributed by atoms with E-state index in [4.69, 9.17) is 0 Å². The maximum absolute atomic E-state index is 14.4. The molecule has 1 aliphatic rings. The molecule has 22 heavy (non-hydrogen) atoms. The van der Waals surface area contributed by atoms with Gasteiger partial charge in [0.1, 0.15) is 5.82 Å². The van der Waals surface area contributed by atoms with Gasteiger partial charge in [0.15, 0.2) is 0 Å². The van der Waals surface area contributed by atoms with Gasteiger partial charge in [-0.05, 0) is 29.5 Å². The molecule has 5 nitrogen and oxygen atoms in total. The minimum absolute atomic E-state index is 0.272. The van der Waals surface area contributed by atoms with Gasteiger partial charge in [-0.25, -0.2) is 4.39 Å². The molecule has 2 N–H and O–H groups in total. The molecule has 1 aliphatic heterocycles. The normalized spacial score (nSPS) is 19.5. The van der Waals surface area contributed by atoms with E-state index < -0.39 is 5.92 Å². The van der Waals surface area contributed by atoms with Gasteiger partial charge in [-0.1, -0.05) is 20.8 Å². The second kappa shape index (κ2) is 4.90. The largest absolute Gasteiger partial charge is 0.296 e. The number of piperidine rings is 1. The van der Waals surface area contributed by atoms with Crippen LogP contribution in [0.3, 0.4) is 0 Å². The van der Waals surface area contributed by atoms with E-state index in [1.807, 2.05) is 20.8 Å². The predicted molar refractivity (Wildman–Crippen MR) is 79.9 cm³/mol. The second-order valence-electron chi connectivity index (χ2n) is 6.74. The van der Waals surface area contributed by atoms with Crippen molar-refractivity contribution in [1.29, 1.82) is 0 Å². The summed E-state index contributed by atoms with van der Waals surface area (Å²) in [6, 6.07) is 3.15. The van der Waals surface area contributed by atoms with E-state index in [-0.39, 0.29) is 29.5 Å². The highest BCUT2D eigenvalue weighted by atomic mass is 19.1. The number of benzene rings is 1. The number of hydrogen-bond acceptors (Lipinski definition) is 3. The third-order valence-corrected chi connectivity index (χ3v) is 4.07. The molecule has 2 heterocycles. The van der Waals surface area contributed by atoms with Gasteiger partial charge in [-0.2, -0.15) is 5.10 Å². The number of nitrogens with zero attached hydrogens (tertiary/aromatic N) is 1. The zero-order chi connectivity index (χ0) is 16.1. The molecule has 0 bridgehead atoms. The van der Waals surface area contributed by atoms with Crippen molar-refractivity contribution < 1.29 is 14.0 Å². The first-order valence-corrected chi connectivity index (χ1v) is 7.29. The third kappa shape index (κ3) is 2.38. The van der Waals surface area contributed by atoms with Crippen molar-refractivity contribution in [2.24, 2.45) is 0 Å². The Kier molecular flexibility index (Phi) is 3.27. The van der Waals surface area contributed by atoms with Crippen LogP contribution in [0, 0.1) is 5.82 Å². The van der Waals surface area contributed by atoms with E-state index in [0.29, 0.717) is 28.6 Å². The molecule has 0 unspecified atom stereocenters. The molecule has 0 radical (unpaired) electrons. The van der Waals surface area contributed by atoms with Crippen molar-refractivity contribution in [2.75, 3.05) is 0 Å². The molecule has 1 saturated heterocycles. The van der Waals surface area contributed by atoms with Crippen LogP contribution >= 0.6 is 0 Å². The number of rotatable bonds is 1. The van der Waals surface area contributed by atoms with Crippen molar-refractivity contribution in [3.63, 3.8) is 0 Å². The molecule has 2 aromatic rings. The lowest BCUT2D eigenvalue weighted by Crippen LogP contribution is -2.39. The molecule has 1 aromatic heterocycles. The number of carbonyl (C=O) groups is 2. The predicted octanol–water partition coefficient (Wildman–Crippen LogP) is 2.52. The fourth-order valence-electron chi connectivity index (χ4n) is 2.86. The van der Waals surface area contributed by atoms with Gasteiger partial charge in [0.25, 0.3) is 0 Å². The van der Waals surface area contributed by atoms with Crippen molar-refractivity contribution in [3.05, 3.63) is 29.2 Å². The zero-order valence-electron chi connectivity index (χ0n) is 12.8. The maximum Gasteiger partial charge on any atom is 0.235 e. The van der Waals surface area contributed by atoms with Crippen LogP contribution < -0.4 is 5.32 Å². The quantitative estimate of drug-likeness (QED) is 0.795. The molecule has 0 spiro atoms. The van der Waals surface area contributed by atoms with Gasteiger partial charge >= 0.3 is 0 Å². The van der Waals surface area contributed by atoms with Gasteiger partial charge < -0.3 is 0 Å². The number of hydrogen-bond donors (Lipinski definition) is 2. The molecule has 3 rings (SSSR count). The van der Waals surface area contributed by atoms with Crippen LogP contribution in [0.4, 0.5) is 4.39 Å². The molecule has 2 amide bonds. The van der Waals surface area contributed by atoms with E-state index in [2.05, 4.69) is 15.5 Å². The maximum atomic E-state index is 14.4. The fraction of sp³-hybridized carbons (Fsp3) is 0.438. The van der Waals surface area contributed by atoms with E-state index in [0.717, 1.165) is 0 Å². The Morgan fingerprint density at radius 3 is 2.64 bits per heavy atom. The molecule has 0 aliphatic carbocycles. The smallest absolute Gasteiger partial charge is 0.235 e. The molecule has 116 valence electrons. The number of carbonyl (C=O) groups excluding carboxylic acids is 2. The summed E-state index contributed by atoms with van der Waals surface area (Å²) in [5.41, 5.74) is 1.46. The Labute approximate surface area is 127 Å². The second-order valence-corrected chi connectivity index (χ2v) is 6.74. The van der Waals surface area contributed by atoms with Gasteiger partial charge in [-0.3, -0.25) is 20.0 Å². The number of aromatic nitrogens is 2.